The average Bonchev–Trinajstić information content (AvgIpc) is 3.20. The molecule has 4 aliphatic rings. The maximum atomic E-state index is 14.6. The number of alkyl halides is 3. The predicted molar refractivity (Wildman–Crippen MR) is 121 cm³/mol. The van der Waals surface area contributed by atoms with E-state index in [1.807, 2.05) is 0 Å². The summed E-state index contributed by atoms with van der Waals surface area (Å²) >= 11 is 0. The fraction of sp³-hybridized carbons (Fsp3) is 0.600. The standard InChI is InChI=1S/C25H26F5N3O4/c26-17-8-15(9-18(27)21(17)36-16-6-13-5-14(13)7-16)31-22(34)20-19(10-25(28,29)30)37-23(32-20)33-11-24(12-33)1-3-35-4-2-24/h8-9,13-14,16H,1-7,10-12H2,(H,31,34)/t13-,14?,16?/m1/s1. The minimum absolute atomic E-state index is 0.00284. The molecular weight excluding hydrogens is 501 g/mol. The lowest BCUT2D eigenvalue weighted by molar-refractivity contribution is -0.130. The number of fused-ring (bicyclic) bond motifs is 1. The molecule has 200 valence electrons. The number of carbonyl (C=O) groups is 1. The van der Waals surface area contributed by atoms with E-state index in [2.05, 4.69) is 10.3 Å². The summed E-state index contributed by atoms with van der Waals surface area (Å²) in [5.74, 6) is -3.12. The molecule has 1 aromatic heterocycles. The fourth-order valence-corrected chi connectivity index (χ4v) is 5.83. The molecule has 1 aromatic carbocycles. The van der Waals surface area contributed by atoms with Gasteiger partial charge in [-0.3, -0.25) is 4.79 Å². The molecule has 0 bridgehead atoms. The number of halogens is 5. The van der Waals surface area contributed by atoms with Gasteiger partial charge >= 0.3 is 6.18 Å². The summed E-state index contributed by atoms with van der Waals surface area (Å²) in [5, 5.41) is 2.25. The summed E-state index contributed by atoms with van der Waals surface area (Å²) < 4.78 is 85.1. The van der Waals surface area contributed by atoms with Gasteiger partial charge in [0.05, 0.1) is 6.10 Å². The molecule has 2 aliphatic carbocycles. The molecule has 3 heterocycles. The molecule has 6 rings (SSSR count). The first-order valence-corrected chi connectivity index (χ1v) is 12.4. The summed E-state index contributed by atoms with van der Waals surface area (Å²) in [5.41, 5.74) is -0.849. The number of carbonyl (C=O) groups excluding carboxylic acids is 1. The molecule has 2 saturated heterocycles. The second kappa shape index (κ2) is 8.85. The monoisotopic (exact) mass is 527 g/mol. The minimum atomic E-state index is -4.65. The molecule has 4 fully saturated rings. The third kappa shape index (κ3) is 4.99. The Morgan fingerprint density at radius 2 is 1.76 bits per heavy atom. The maximum absolute atomic E-state index is 14.6. The zero-order valence-electron chi connectivity index (χ0n) is 19.9. The van der Waals surface area contributed by atoms with Gasteiger partial charge in [-0.1, -0.05) is 0 Å². The lowest BCUT2D eigenvalue weighted by Gasteiger charge is -2.51. The summed E-state index contributed by atoms with van der Waals surface area (Å²) in [6, 6.07) is 1.67. The highest BCUT2D eigenvalue weighted by Gasteiger charge is 2.48. The van der Waals surface area contributed by atoms with Gasteiger partial charge in [-0.2, -0.15) is 18.2 Å². The number of oxazole rings is 1. The third-order valence-corrected chi connectivity index (χ3v) is 7.88. The molecule has 0 radical (unpaired) electrons. The van der Waals surface area contributed by atoms with Gasteiger partial charge in [0.15, 0.2) is 23.1 Å². The van der Waals surface area contributed by atoms with Gasteiger partial charge in [0.2, 0.25) is 0 Å². The zero-order valence-corrected chi connectivity index (χ0v) is 19.9. The van der Waals surface area contributed by atoms with Crippen molar-refractivity contribution < 1.29 is 40.6 Å². The van der Waals surface area contributed by atoms with E-state index in [9.17, 15) is 26.7 Å². The Kier molecular flexibility index (Phi) is 5.85. The van der Waals surface area contributed by atoms with Crippen molar-refractivity contribution in [3.05, 3.63) is 35.2 Å². The molecule has 1 N–H and O–H groups in total. The molecule has 1 amide bonds. The number of nitrogens with one attached hydrogen (secondary N) is 1. The van der Waals surface area contributed by atoms with E-state index in [0.717, 1.165) is 44.2 Å². The molecule has 7 nitrogen and oxygen atoms in total. The molecule has 2 saturated carbocycles. The average molecular weight is 527 g/mol. The number of ether oxygens (including phenoxy) is 2. The van der Waals surface area contributed by atoms with Crippen LogP contribution in [0.5, 0.6) is 5.75 Å². The molecule has 3 atom stereocenters. The Morgan fingerprint density at radius 3 is 2.38 bits per heavy atom. The van der Waals surface area contributed by atoms with E-state index < -0.39 is 47.3 Å². The Labute approximate surface area is 209 Å². The van der Waals surface area contributed by atoms with Crippen LogP contribution in [0, 0.1) is 28.9 Å². The number of benzene rings is 1. The van der Waals surface area contributed by atoms with Gasteiger partial charge in [0.1, 0.15) is 12.2 Å². The van der Waals surface area contributed by atoms with Crippen LogP contribution in [0.3, 0.4) is 0 Å². The Bertz CT molecular complexity index is 1170. The van der Waals surface area contributed by atoms with Crippen LogP contribution in [0.1, 0.15) is 48.4 Å². The fourth-order valence-electron chi connectivity index (χ4n) is 5.83. The van der Waals surface area contributed by atoms with Gasteiger partial charge in [0.25, 0.3) is 11.9 Å². The lowest BCUT2D eigenvalue weighted by atomic mass is 9.74. The Hall–Kier alpha value is -2.89. The van der Waals surface area contributed by atoms with E-state index >= 15 is 0 Å². The van der Waals surface area contributed by atoms with Gasteiger partial charge in [-0.15, -0.1) is 0 Å². The van der Waals surface area contributed by atoms with Crippen molar-refractivity contribution in [2.45, 2.75) is 50.8 Å². The highest BCUT2D eigenvalue weighted by atomic mass is 19.4. The first-order valence-electron chi connectivity index (χ1n) is 12.4. The summed E-state index contributed by atoms with van der Waals surface area (Å²) in [7, 11) is 0. The predicted octanol–water partition coefficient (Wildman–Crippen LogP) is 5.10. The molecule has 12 heteroatoms. The summed E-state index contributed by atoms with van der Waals surface area (Å²) in [6.45, 7) is 2.30. The smallest absolute Gasteiger partial charge is 0.396 e. The lowest BCUT2D eigenvalue weighted by Crippen LogP contribution is -2.58. The quantitative estimate of drug-likeness (QED) is 0.527. The number of aromatic nitrogens is 1. The Balaban J connectivity index is 1.18. The van der Waals surface area contributed by atoms with Crippen molar-refractivity contribution >= 4 is 17.6 Å². The maximum Gasteiger partial charge on any atom is 0.396 e. The van der Waals surface area contributed by atoms with E-state index in [-0.39, 0.29) is 23.2 Å². The minimum Gasteiger partial charge on any atom is -0.484 e. The number of rotatable bonds is 6. The number of anilines is 2. The largest absolute Gasteiger partial charge is 0.484 e. The first-order chi connectivity index (χ1) is 17.6. The summed E-state index contributed by atoms with van der Waals surface area (Å²) in [4.78, 5) is 18.6. The van der Waals surface area contributed by atoms with Crippen molar-refractivity contribution in [1.82, 2.24) is 4.98 Å². The van der Waals surface area contributed by atoms with Gasteiger partial charge in [-0.05, 0) is 43.9 Å². The zero-order chi connectivity index (χ0) is 25.9. The van der Waals surface area contributed by atoms with E-state index in [1.165, 1.54) is 0 Å². The SMILES string of the molecule is O=C(Nc1cc(F)c(OC2CC3C[C@@H]3C2)c(F)c1)c1nc(N2CC3(CCOCC3)C2)oc1CC(F)(F)F. The van der Waals surface area contributed by atoms with Gasteiger partial charge in [-0.25, -0.2) is 8.78 Å². The summed E-state index contributed by atoms with van der Waals surface area (Å²) in [6.07, 6.45) is -2.13. The van der Waals surface area contributed by atoms with Crippen molar-refractivity contribution in [2.24, 2.45) is 17.3 Å². The molecular formula is C25H26F5N3O4. The normalized spacial score (nSPS) is 26.1. The second-order valence-corrected chi connectivity index (χ2v) is 10.7. The number of amides is 1. The molecule has 2 aliphatic heterocycles. The van der Waals surface area contributed by atoms with Crippen LogP contribution >= 0.6 is 0 Å². The molecule has 37 heavy (non-hydrogen) atoms. The highest BCUT2D eigenvalue weighted by Crippen LogP contribution is 2.52. The number of hydrogen-bond donors (Lipinski definition) is 1. The molecule has 2 unspecified atom stereocenters. The van der Waals surface area contributed by atoms with Crippen LogP contribution in [0.4, 0.5) is 33.7 Å². The number of nitrogens with zero attached hydrogens (tertiary/aromatic N) is 2. The van der Waals surface area contributed by atoms with Crippen molar-refractivity contribution in [2.75, 3.05) is 36.5 Å². The van der Waals surface area contributed by atoms with Gasteiger partial charge in [0, 0.05) is 49.5 Å². The van der Waals surface area contributed by atoms with Crippen molar-refractivity contribution in [3.63, 3.8) is 0 Å². The highest BCUT2D eigenvalue weighted by molar-refractivity contribution is 6.03. The van der Waals surface area contributed by atoms with Crippen LogP contribution in [0.2, 0.25) is 0 Å². The van der Waals surface area contributed by atoms with E-state index in [0.29, 0.717) is 38.1 Å². The third-order valence-electron chi connectivity index (χ3n) is 7.88. The van der Waals surface area contributed by atoms with Crippen LogP contribution in [-0.2, 0) is 11.2 Å². The Morgan fingerprint density at radius 1 is 1.11 bits per heavy atom. The number of hydrogen-bond acceptors (Lipinski definition) is 6. The molecule has 1 spiro atoms. The van der Waals surface area contributed by atoms with Crippen molar-refractivity contribution in [1.29, 1.82) is 0 Å². The van der Waals surface area contributed by atoms with Crippen LogP contribution < -0.4 is 15.0 Å². The van der Waals surface area contributed by atoms with Crippen LogP contribution in [0.15, 0.2) is 16.5 Å². The van der Waals surface area contributed by atoms with E-state index in [4.69, 9.17) is 13.9 Å². The molecule has 2 aromatic rings. The van der Waals surface area contributed by atoms with Gasteiger partial charge < -0.3 is 24.1 Å². The van der Waals surface area contributed by atoms with Crippen LogP contribution in [0.25, 0.3) is 0 Å². The van der Waals surface area contributed by atoms with E-state index in [1.54, 1.807) is 4.90 Å². The second-order valence-electron chi connectivity index (χ2n) is 10.7. The van der Waals surface area contributed by atoms with Crippen LogP contribution in [-0.4, -0.2) is 49.5 Å². The topological polar surface area (TPSA) is 76.8 Å². The first kappa shape index (κ1) is 24.4. The van der Waals surface area contributed by atoms with Crippen molar-refractivity contribution in [3.8, 4) is 5.75 Å².